The van der Waals surface area contributed by atoms with Crippen molar-refractivity contribution < 1.29 is 5.11 Å². The molecular weight excluding hydrogens is 356 g/mol. The number of rotatable bonds is 4. The molecule has 1 aromatic carbocycles. The summed E-state index contributed by atoms with van der Waals surface area (Å²) in [5.74, 6) is 0. The molecule has 0 aliphatic heterocycles. The van der Waals surface area contributed by atoms with Crippen molar-refractivity contribution in [3.8, 4) is 5.69 Å². The van der Waals surface area contributed by atoms with Gasteiger partial charge < -0.3 is 5.11 Å². The quantitative estimate of drug-likeness (QED) is 0.590. The Hall–Kier alpha value is -3.58. The third-order valence-electron chi connectivity index (χ3n) is 4.82. The van der Waals surface area contributed by atoms with Gasteiger partial charge in [0.1, 0.15) is 0 Å². The maximum Gasteiger partial charge on any atom is 0.337 e. The smallest absolute Gasteiger partial charge is 0.337 e. The van der Waals surface area contributed by atoms with Gasteiger partial charge in [0.15, 0.2) is 5.65 Å². The highest BCUT2D eigenvalue weighted by atomic mass is 16.3. The first-order valence-corrected chi connectivity index (χ1v) is 8.85. The van der Waals surface area contributed by atoms with Crippen LogP contribution in [0.3, 0.4) is 0 Å². The third-order valence-corrected chi connectivity index (χ3v) is 4.82. The molecule has 3 heterocycles. The molecule has 0 bridgehead atoms. The van der Waals surface area contributed by atoms with E-state index in [9.17, 15) is 14.7 Å². The van der Waals surface area contributed by atoms with Crippen LogP contribution in [0.4, 0.5) is 0 Å². The van der Waals surface area contributed by atoms with Crippen LogP contribution in [0.25, 0.3) is 16.7 Å². The fourth-order valence-electron chi connectivity index (χ4n) is 3.37. The lowest BCUT2D eigenvalue weighted by atomic mass is 10.1. The molecule has 140 valence electrons. The number of pyridine rings is 2. The standard InChI is InChI=1S/C21H18N4O3/c1-14(15-8-11-22-12-9-15)24-20(27)17-6-4-10-23-19(17)25(21(24)28)18-7-3-2-5-16(18)13-26/h2-12,14,26H,13H2,1H3. The first-order valence-electron chi connectivity index (χ1n) is 8.85. The van der Waals surface area contributed by atoms with Crippen molar-refractivity contribution in [1.82, 2.24) is 19.1 Å². The number of aliphatic hydroxyl groups is 1. The van der Waals surface area contributed by atoms with Crippen LogP contribution in [0.5, 0.6) is 0 Å². The van der Waals surface area contributed by atoms with Gasteiger partial charge in [-0.3, -0.25) is 14.3 Å². The lowest BCUT2D eigenvalue weighted by Crippen LogP contribution is -2.42. The van der Waals surface area contributed by atoms with Gasteiger partial charge in [-0.2, -0.15) is 0 Å². The van der Waals surface area contributed by atoms with E-state index in [1.165, 1.54) is 15.3 Å². The second kappa shape index (κ2) is 7.21. The molecule has 3 aromatic heterocycles. The molecule has 0 amide bonds. The average molecular weight is 374 g/mol. The number of hydrogen-bond acceptors (Lipinski definition) is 5. The SMILES string of the molecule is CC(c1ccncc1)n1c(=O)c2cccnc2n(-c2ccccc2CO)c1=O. The minimum atomic E-state index is -0.513. The van der Waals surface area contributed by atoms with Crippen molar-refractivity contribution in [3.05, 3.63) is 99.1 Å². The largest absolute Gasteiger partial charge is 0.392 e. The Labute approximate surface area is 160 Å². The molecular formula is C21H18N4O3. The summed E-state index contributed by atoms with van der Waals surface area (Å²) in [5, 5.41) is 10.1. The molecule has 0 saturated carbocycles. The Morgan fingerprint density at radius 2 is 1.75 bits per heavy atom. The van der Waals surface area contributed by atoms with E-state index >= 15 is 0 Å². The number of nitrogens with zero attached hydrogens (tertiary/aromatic N) is 4. The molecule has 0 radical (unpaired) electrons. The van der Waals surface area contributed by atoms with Gasteiger partial charge in [0.05, 0.1) is 23.7 Å². The van der Waals surface area contributed by atoms with Gasteiger partial charge in [0, 0.05) is 24.2 Å². The second-order valence-electron chi connectivity index (χ2n) is 6.41. The molecule has 0 spiro atoms. The molecule has 7 nitrogen and oxygen atoms in total. The van der Waals surface area contributed by atoms with Crippen molar-refractivity contribution in [3.63, 3.8) is 0 Å². The monoisotopic (exact) mass is 374 g/mol. The first kappa shape index (κ1) is 17.8. The molecule has 0 saturated heterocycles. The van der Waals surface area contributed by atoms with E-state index in [2.05, 4.69) is 9.97 Å². The summed E-state index contributed by atoms with van der Waals surface area (Å²) in [7, 11) is 0. The summed E-state index contributed by atoms with van der Waals surface area (Å²) in [6, 6.07) is 13.4. The van der Waals surface area contributed by atoms with Crippen LogP contribution in [0.15, 0.2) is 76.7 Å². The Balaban J connectivity index is 2.11. The number of hydrogen-bond donors (Lipinski definition) is 1. The Morgan fingerprint density at radius 3 is 2.50 bits per heavy atom. The van der Waals surface area contributed by atoms with Gasteiger partial charge in [-0.05, 0) is 42.8 Å². The number of aromatic nitrogens is 4. The van der Waals surface area contributed by atoms with Crippen molar-refractivity contribution >= 4 is 11.0 Å². The summed E-state index contributed by atoms with van der Waals surface area (Å²) in [6.45, 7) is 1.55. The second-order valence-corrected chi connectivity index (χ2v) is 6.41. The van der Waals surface area contributed by atoms with Crippen LogP contribution in [0, 0.1) is 0 Å². The molecule has 0 aliphatic rings. The van der Waals surface area contributed by atoms with E-state index in [0.29, 0.717) is 16.6 Å². The molecule has 0 fully saturated rings. The summed E-state index contributed by atoms with van der Waals surface area (Å²) >= 11 is 0. The van der Waals surface area contributed by atoms with E-state index in [1.54, 1.807) is 67.8 Å². The molecule has 0 aliphatic carbocycles. The van der Waals surface area contributed by atoms with Crippen LogP contribution < -0.4 is 11.2 Å². The molecule has 1 atom stereocenters. The minimum absolute atomic E-state index is 0.240. The lowest BCUT2D eigenvalue weighted by Gasteiger charge is -2.19. The van der Waals surface area contributed by atoms with Gasteiger partial charge in [-0.15, -0.1) is 0 Å². The fourth-order valence-corrected chi connectivity index (χ4v) is 3.37. The van der Waals surface area contributed by atoms with E-state index in [0.717, 1.165) is 5.56 Å². The van der Waals surface area contributed by atoms with Crippen LogP contribution in [-0.4, -0.2) is 24.2 Å². The fraction of sp³-hybridized carbons (Fsp3) is 0.143. The number of benzene rings is 1. The zero-order valence-corrected chi connectivity index (χ0v) is 15.2. The number of para-hydroxylation sites is 1. The van der Waals surface area contributed by atoms with Crippen LogP contribution in [0.1, 0.15) is 24.1 Å². The summed E-state index contributed by atoms with van der Waals surface area (Å²) in [6.07, 6.45) is 4.79. The first-order chi connectivity index (χ1) is 13.6. The highest BCUT2D eigenvalue weighted by Crippen LogP contribution is 2.19. The zero-order chi connectivity index (χ0) is 19.7. The topological polar surface area (TPSA) is 90.0 Å². The maximum absolute atomic E-state index is 13.5. The van der Waals surface area contributed by atoms with Gasteiger partial charge in [0.25, 0.3) is 5.56 Å². The normalized spacial score (nSPS) is 12.2. The zero-order valence-electron chi connectivity index (χ0n) is 15.2. The minimum Gasteiger partial charge on any atom is -0.392 e. The highest BCUT2D eigenvalue weighted by Gasteiger charge is 2.21. The Kier molecular flexibility index (Phi) is 4.58. The van der Waals surface area contributed by atoms with Gasteiger partial charge >= 0.3 is 5.69 Å². The average Bonchev–Trinajstić information content (AvgIpc) is 2.75. The third kappa shape index (κ3) is 2.82. The molecule has 4 aromatic rings. The van der Waals surface area contributed by atoms with E-state index < -0.39 is 17.3 Å². The summed E-state index contributed by atoms with van der Waals surface area (Å²) in [5.41, 5.74) is 1.19. The van der Waals surface area contributed by atoms with Crippen molar-refractivity contribution in [1.29, 1.82) is 0 Å². The number of fused-ring (bicyclic) bond motifs is 1. The van der Waals surface area contributed by atoms with Gasteiger partial charge in [-0.25, -0.2) is 14.3 Å². The summed E-state index contributed by atoms with van der Waals surface area (Å²) in [4.78, 5) is 34.9. The van der Waals surface area contributed by atoms with Crippen molar-refractivity contribution in [2.45, 2.75) is 19.6 Å². The number of aliphatic hydroxyl groups excluding tert-OH is 1. The van der Waals surface area contributed by atoms with Gasteiger partial charge in [-0.1, -0.05) is 18.2 Å². The lowest BCUT2D eigenvalue weighted by molar-refractivity contribution is 0.281. The van der Waals surface area contributed by atoms with Crippen LogP contribution in [-0.2, 0) is 6.61 Å². The van der Waals surface area contributed by atoms with Crippen LogP contribution in [0.2, 0.25) is 0 Å². The molecule has 1 unspecified atom stereocenters. The van der Waals surface area contributed by atoms with E-state index in [4.69, 9.17) is 0 Å². The summed E-state index contributed by atoms with van der Waals surface area (Å²) < 4.78 is 2.60. The maximum atomic E-state index is 13.5. The molecule has 4 rings (SSSR count). The molecule has 1 N–H and O–H groups in total. The van der Waals surface area contributed by atoms with Crippen LogP contribution >= 0.6 is 0 Å². The Bertz CT molecular complexity index is 1260. The van der Waals surface area contributed by atoms with Gasteiger partial charge in [0.2, 0.25) is 0 Å². The highest BCUT2D eigenvalue weighted by molar-refractivity contribution is 5.75. The molecule has 7 heteroatoms. The van der Waals surface area contributed by atoms with Crippen molar-refractivity contribution in [2.24, 2.45) is 0 Å². The molecule has 28 heavy (non-hydrogen) atoms. The van der Waals surface area contributed by atoms with Crippen molar-refractivity contribution in [2.75, 3.05) is 0 Å². The predicted octanol–water partition coefficient (Wildman–Crippen LogP) is 2.04. The Morgan fingerprint density at radius 1 is 1.00 bits per heavy atom. The van der Waals surface area contributed by atoms with E-state index in [1.807, 2.05) is 0 Å². The van der Waals surface area contributed by atoms with E-state index in [-0.39, 0.29) is 12.3 Å². The predicted molar refractivity (Wildman–Crippen MR) is 106 cm³/mol.